The summed E-state index contributed by atoms with van der Waals surface area (Å²) in [5.74, 6) is 0.241. The van der Waals surface area contributed by atoms with Gasteiger partial charge in [-0.15, -0.1) is 0 Å². The van der Waals surface area contributed by atoms with Crippen molar-refractivity contribution in [2.75, 3.05) is 19.8 Å². The smallest absolute Gasteiger partial charge is 0.124 e. The molecule has 4 heteroatoms. The van der Waals surface area contributed by atoms with E-state index in [0.29, 0.717) is 17.5 Å². The number of hydrogen-bond donors (Lipinski definition) is 1. The van der Waals surface area contributed by atoms with Crippen molar-refractivity contribution in [3.05, 3.63) is 34.6 Å². The highest BCUT2D eigenvalue weighted by Crippen LogP contribution is 2.23. The molecule has 0 saturated heterocycles. The molecular formula is C14H21ClFNO. The van der Waals surface area contributed by atoms with Crippen molar-refractivity contribution in [1.29, 1.82) is 0 Å². The molecule has 0 amide bonds. The van der Waals surface area contributed by atoms with Crippen LogP contribution in [0.3, 0.4) is 0 Å². The lowest BCUT2D eigenvalue weighted by Gasteiger charge is -2.16. The summed E-state index contributed by atoms with van der Waals surface area (Å²) in [6.07, 6.45) is 0. The number of nitrogens with one attached hydrogen (secondary N) is 1. The predicted octanol–water partition coefficient (Wildman–Crippen LogP) is 3.80. The molecule has 0 aliphatic rings. The van der Waals surface area contributed by atoms with E-state index >= 15 is 0 Å². The van der Waals surface area contributed by atoms with Gasteiger partial charge in [0.15, 0.2) is 0 Å². The molecule has 0 aliphatic carbocycles. The summed E-state index contributed by atoms with van der Waals surface area (Å²) >= 11 is 5.99. The Kier molecular flexibility index (Phi) is 6.61. The van der Waals surface area contributed by atoms with Gasteiger partial charge in [0.25, 0.3) is 0 Å². The fraction of sp³-hybridized carbons (Fsp3) is 0.571. The summed E-state index contributed by atoms with van der Waals surface area (Å²) in [6.45, 7) is 8.43. The molecule has 1 rings (SSSR count). The molecule has 1 atom stereocenters. The molecule has 0 heterocycles. The molecule has 1 aromatic carbocycles. The van der Waals surface area contributed by atoms with Gasteiger partial charge in [0, 0.05) is 24.2 Å². The van der Waals surface area contributed by atoms with Crippen molar-refractivity contribution in [1.82, 2.24) is 5.32 Å². The first-order valence-electron chi connectivity index (χ1n) is 6.26. The zero-order valence-electron chi connectivity index (χ0n) is 11.2. The molecule has 102 valence electrons. The standard InChI is InChI=1S/C14H21ClFNO/c1-10(2)9-18-7-6-17-11(3)13-5-4-12(16)8-14(13)15/h4-5,8,10-11,17H,6-7,9H2,1-3H3. The average Bonchev–Trinajstić information content (AvgIpc) is 2.27. The van der Waals surface area contributed by atoms with Crippen LogP contribution in [0.5, 0.6) is 0 Å². The molecule has 0 aliphatic heterocycles. The molecule has 1 unspecified atom stereocenters. The van der Waals surface area contributed by atoms with Gasteiger partial charge in [0.1, 0.15) is 5.82 Å². The third kappa shape index (κ3) is 5.34. The molecular weight excluding hydrogens is 253 g/mol. The molecule has 0 spiro atoms. The lowest BCUT2D eigenvalue weighted by Crippen LogP contribution is -2.24. The van der Waals surface area contributed by atoms with Crippen molar-refractivity contribution in [3.8, 4) is 0 Å². The SMILES string of the molecule is CC(C)COCCNC(C)c1ccc(F)cc1Cl. The van der Waals surface area contributed by atoms with E-state index in [1.165, 1.54) is 12.1 Å². The van der Waals surface area contributed by atoms with Gasteiger partial charge >= 0.3 is 0 Å². The van der Waals surface area contributed by atoms with Gasteiger partial charge in [-0.25, -0.2) is 4.39 Å². The molecule has 0 fully saturated rings. The fourth-order valence-electron chi connectivity index (χ4n) is 1.63. The zero-order valence-corrected chi connectivity index (χ0v) is 11.9. The summed E-state index contributed by atoms with van der Waals surface area (Å²) in [5, 5.41) is 3.76. The molecule has 2 nitrogen and oxygen atoms in total. The number of benzene rings is 1. The molecule has 1 aromatic rings. The third-order valence-electron chi connectivity index (χ3n) is 2.58. The van der Waals surface area contributed by atoms with E-state index < -0.39 is 0 Å². The van der Waals surface area contributed by atoms with Crippen LogP contribution in [0.25, 0.3) is 0 Å². The molecule has 0 bridgehead atoms. The number of ether oxygens (including phenoxy) is 1. The minimum Gasteiger partial charge on any atom is -0.380 e. The van der Waals surface area contributed by atoms with Crippen LogP contribution in [0.15, 0.2) is 18.2 Å². The van der Waals surface area contributed by atoms with E-state index in [1.54, 1.807) is 6.07 Å². The Bertz CT molecular complexity index is 371. The maximum Gasteiger partial charge on any atom is 0.124 e. The van der Waals surface area contributed by atoms with Crippen LogP contribution < -0.4 is 5.32 Å². The largest absolute Gasteiger partial charge is 0.380 e. The normalized spacial score (nSPS) is 13.0. The average molecular weight is 274 g/mol. The zero-order chi connectivity index (χ0) is 13.5. The Labute approximate surface area is 113 Å². The van der Waals surface area contributed by atoms with Crippen LogP contribution in [0, 0.1) is 11.7 Å². The van der Waals surface area contributed by atoms with Crippen LogP contribution in [-0.4, -0.2) is 19.8 Å². The first kappa shape index (κ1) is 15.4. The second-order valence-corrected chi connectivity index (χ2v) is 5.22. The quantitative estimate of drug-likeness (QED) is 0.763. The lowest BCUT2D eigenvalue weighted by molar-refractivity contribution is 0.110. The van der Waals surface area contributed by atoms with Gasteiger partial charge in [-0.1, -0.05) is 31.5 Å². The fourth-order valence-corrected chi connectivity index (χ4v) is 1.96. The van der Waals surface area contributed by atoms with Crippen molar-refractivity contribution >= 4 is 11.6 Å². The Balaban J connectivity index is 2.34. The van der Waals surface area contributed by atoms with Crippen LogP contribution >= 0.6 is 11.6 Å². The topological polar surface area (TPSA) is 21.3 Å². The Hall–Kier alpha value is -0.640. The highest BCUT2D eigenvalue weighted by Gasteiger charge is 2.09. The van der Waals surface area contributed by atoms with Crippen molar-refractivity contribution < 1.29 is 9.13 Å². The highest BCUT2D eigenvalue weighted by atomic mass is 35.5. The Morgan fingerprint density at radius 2 is 2.06 bits per heavy atom. The van der Waals surface area contributed by atoms with Crippen LogP contribution in [0.4, 0.5) is 4.39 Å². The summed E-state index contributed by atoms with van der Waals surface area (Å²) < 4.78 is 18.4. The van der Waals surface area contributed by atoms with Gasteiger partial charge in [-0.3, -0.25) is 0 Å². The first-order valence-corrected chi connectivity index (χ1v) is 6.64. The summed E-state index contributed by atoms with van der Waals surface area (Å²) in [6, 6.07) is 4.56. The van der Waals surface area contributed by atoms with E-state index in [4.69, 9.17) is 16.3 Å². The Morgan fingerprint density at radius 1 is 1.33 bits per heavy atom. The van der Waals surface area contributed by atoms with Crippen molar-refractivity contribution in [2.45, 2.75) is 26.8 Å². The maximum absolute atomic E-state index is 12.9. The van der Waals surface area contributed by atoms with Crippen LogP contribution in [-0.2, 0) is 4.74 Å². The predicted molar refractivity (Wildman–Crippen MR) is 73.5 cm³/mol. The van der Waals surface area contributed by atoms with Gasteiger partial charge in [-0.05, 0) is 30.5 Å². The number of rotatable bonds is 7. The van der Waals surface area contributed by atoms with Crippen LogP contribution in [0.2, 0.25) is 5.02 Å². The lowest BCUT2D eigenvalue weighted by atomic mass is 10.1. The second-order valence-electron chi connectivity index (χ2n) is 4.81. The number of halogens is 2. The monoisotopic (exact) mass is 273 g/mol. The third-order valence-corrected chi connectivity index (χ3v) is 2.90. The van der Waals surface area contributed by atoms with E-state index in [-0.39, 0.29) is 11.9 Å². The van der Waals surface area contributed by atoms with E-state index in [2.05, 4.69) is 19.2 Å². The van der Waals surface area contributed by atoms with Gasteiger partial charge in [0.05, 0.1) is 6.61 Å². The summed E-state index contributed by atoms with van der Waals surface area (Å²) in [5.41, 5.74) is 0.905. The molecule has 0 radical (unpaired) electrons. The van der Waals surface area contributed by atoms with Gasteiger partial charge in [0.2, 0.25) is 0 Å². The maximum atomic E-state index is 12.9. The molecule has 0 aromatic heterocycles. The van der Waals surface area contributed by atoms with E-state index in [1.807, 2.05) is 6.92 Å². The molecule has 1 N–H and O–H groups in total. The van der Waals surface area contributed by atoms with Crippen molar-refractivity contribution in [3.63, 3.8) is 0 Å². The summed E-state index contributed by atoms with van der Waals surface area (Å²) in [4.78, 5) is 0. The molecule has 0 saturated carbocycles. The highest BCUT2D eigenvalue weighted by molar-refractivity contribution is 6.31. The molecule has 18 heavy (non-hydrogen) atoms. The minimum absolute atomic E-state index is 0.0840. The van der Waals surface area contributed by atoms with Gasteiger partial charge in [-0.2, -0.15) is 0 Å². The van der Waals surface area contributed by atoms with Gasteiger partial charge < -0.3 is 10.1 Å². The van der Waals surface area contributed by atoms with E-state index in [0.717, 1.165) is 18.7 Å². The van der Waals surface area contributed by atoms with Crippen LogP contribution in [0.1, 0.15) is 32.4 Å². The van der Waals surface area contributed by atoms with E-state index in [9.17, 15) is 4.39 Å². The second kappa shape index (κ2) is 7.72. The Morgan fingerprint density at radius 3 is 2.67 bits per heavy atom. The minimum atomic E-state index is -0.309. The number of hydrogen-bond acceptors (Lipinski definition) is 2. The van der Waals surface area contributed by atoms with Crippen molar-refractivity contribution in [2.24, 2.45) is 5.92 Å². The summed E-state index contributed by atoms with van der Waals surface area (Å²) in [7, 11) is 0. The first-order chi connectivity index (χ1) is 8.50.